The fourth-order valence-corrected chi connectivity index (χ4v) is 5.47. The van der Waals surface area contributed by atoms with Gasteiger partial charge in [-0.15, -0.1) is 11.3 Å². The van der Waals surface area contributed by atoms with Crippen LogP contribution in [-0.2, 0) is 10.9 Å². The van der Waals surface area contributed by atoms with Crippen molar-refractivity contribution in [1.29, 1.82) is 0 Å². The first-order valence-corrected chi connectivity index (χ1v) is 12.7. The van der Waals surface area contributed by atoms with E-state index in [1.54, 1.807) is 11.0 Å². The van der Waals surface area contributed by atoms with Crippen LogP contribution in [0, 0.1) is 6.92 Å². The summed E-state index contributed by atoms with van der Waals surface area (Å²) in [4.78, 5) is 46.2. The van der Waals surface area contributed by atoms with Crippen LogP contribution in [-0.4, -0.2) is 61.0 Å². The summed E-state index contributed by atoms with van der Waals surface area (Å²) in [5.74, 6) is 0.251. The lowest BCUT2D eigenvalue weighted by Crippen LogP contribution is -2.48. The highest BCUT2D eigenvalue weighted by molar-refractivity contribution is 7.20. The van der Waals surface area contributed by atoms with E-state index in [1.807, 2.05) is 13.8 Å². The first kappa shape index (κ1) is 26.0. The van der Waals surface area contributed by atoms with Crippen LogP contribution in [0.25, 0.3) is 21.3 Å². The average molecular weight is 548 g/mol. The number of carbonyl (C=O) groups is 1. The summed E-state index contributed by atoms with van der Waals surface area (Å²) >= 11 is 1.18. The number of hydrogen-bond acceptors (Lipinski definition) is 9. The van der Waals surface area contributed by atoms with Crippen molar-refractivity contribution in [1.82, 2.24) is 29.8 Å². The standard InChI is InChI=1S/C24H24F3N7O3S/c1-10-8-34(9-11(2)37-10)23(36)22-32-16-7-28-18(6-17(16)38-22)29-12(3)19-14(24(25,26)27)5-15-20(33-19)21(35)31-13(4)30-15/h5-7,10-12H,8-9H2,1-4H3,(H,28,29)(H,30,31,35). The number of carbonyl (C=O) groups excluding carboxylic acids is 1. The summed E-state index contributed by atoms with van der Waals surface area (Å²) in [6.07, 6.45) is -3.44. The topological polar surface area (TPSA) is 126 Å². The van der Waals surface area contributed by atoms with Gasteiger partial charge in [-0.25, -0.2) is 19.9 Å². The van der Waals surface area contributed by atoms with Gasteiger partial charge in [-0.05, 0) is 39.8 Å². The highest BCUT2D eigenvalue weighted by atomic mass is 32.1. The SMILES string of the molecule is Cc1nc2cc(C(F)(F)F)c(C(C)Nc3cc4sc(C(=O)N5CC(C)OC(C)C5)nc4cn3)nc2c(=O)[nH]1. The van der Waals surface area contributed by atoms with Crippen LogP contribution in [0.1, 0.15) is 53.7 Å². The highest BCUT2D eigenvalue weighted by Gasteiger charge is 2.37. The van der Waals surface area contributed by atoms with Gasteiger partial charge in [-0.3, -0.25) is 9.59 Å². The van der Waals surface area contributed by atoms with Crippen LogP contribution in [0.3, 0.4) is 0 Å². The van der Waals surface area contributed by atoms with Crippen molar-refractivity contribution in [3.63, 3.8) is 0 Å². The Morgan fingerprint density at radius 1 is 1.18 bits per heavy atom. The van der Waals surface area contributed by atoms with Gasteiger partial charge in [0.1, 0.15) is 17.2 Å². The number of aromatic nitrogens is 5. The molecule has 1 aliphatic heterocycles. The van der Waals surface area contributed by atoms with Gasteiger partial charge < -0.3 is 19.9 Å². The molecule has 1 fully saturated rings. The minimum atomic E-state index is -4.72. The van der Waals surface area contributed by atoms with Gasteiger partial charge >= 0.3 is 6.18 Å². The molecule has 3 atom stereocenters. The second-order valence-corrected chi connectivity index (χ2v) is 10.4. The molecule has 3 unspecified atom stereocenters. The molecule has 4 aromatic heterocycles. The Bertz CT molecular complexity index is 1590. The Morgan fingerprint density at radius 3 is 2.58 bits per heavy atom. The first-order chi connectivity index (χ1) is 17.9. The van der Waals surface area contributed by atoms with Gasteiger partial charge in [0.25, 0.3) is 11.5 Å². The molecule has 5 heterocycles. The van der Waals surface area contributed by atoms with Crippen LogP contribution in [0.15, 0.2) is 23.1 Å². The van der Waals surface area contributed by atoms with Gasteiger partial charge in [0.05, 0.1) is 45.9 Å². The second-order valence-electron chi connectivity index (χ2n) is 9.33. The number of alkyl halides is 3. The summed E-state index contributed by atoms with van der Waals surface area (Å²) in [7, 11) is 0. The molecule has 200 valence electrons. The Morgan fingerprint density at radius 2 is 1.89 bits per heavy atom. The number of H-pyrrole nitrogens is 1. The number of rotatable bonds is 4. The van der Waals surface area contributed by atoms with Gasteiger partial charge in [0, 0.05) is 13.1 Å². The Hall–Kier alpha value is -3.65. The van der Waals surface area contributed by atoms with Gasteiger partial charge in [0.15, 0.2) is 10.5 Å². The lowest BCUT2D eigenvalue weighted by atomic mass is 10.1. The zero-order valence-electron chi connectivity index (χ0n) is 20.9. The number of hydrogen-bond donors (Lipinski definition) is 2. The van der Waals surface area contributed by atoms with Gasteiger partial charge in [-0.2, -0.15) is 13.2 Å². The predicted molar refractivity (Wildman–Crippen MR) is 135 cm³/mol. The molecule has 0 spiro atoms. The molecule has 14 heteroatoms. The number of halogens is 3. The van der Waals surface area contributed by atoms with E-state index in [0.717, 1.165) is 6.07 Å². The molecule has 5 rings (SSSR count). The minimum absolute atomic E-state index is 0.0864. The number of aromatic amines is 1. The molecular weight excluding hydrogens is 523 g/mol. The van der Waals surface area contributed by atoms with Crippen molar-refractivity contribution in [2.45, 2.75) is 52.1 Å². The van der Waals surface area contributed by atoms with Crippen molar-refractivity contribution in [3.8, 4) is 0 Å². The molecule has 4 aromatic rings. The number of aryl methyl sites for hydroxylation is 1. The summed E-state index contributed by atoms with van der Waals surface area (Å²) in [6.45, 7) is 7.70. The Kier molecular flexibility index (Phi) is 6.55. The summed E-state index contributed by atoms with van der Waals surface area (Å²) < 4.78 is 48.1. The number of anilines is 1. The van der Waals surface area contributed by atoms with Crippen molar-refractivity contribution in [2.75, 3.05) is 18.4 Å². The zero-order chi connectivity index (χ0) is 27.4. The molecule has 10 nitrogen and oxygen atoms in total. The number of fused-ring (bicyclic) bond motifs is 2. The van der Waals surface area contributed by atoms with Crippen molar-refractivity contribution in [2.24, 2.45) is 0 Å². The van der Waals surface area contributed by atoms with Crippen molar-refractivity contribution in [3.05, 3.63) is 50.8 Å². The molecule has 0 bridgehead atoms. The summed E-state index contributed by atoms with van der Waals surface area (Å²) in [5, 5.41) is 3.23. The van der Waals surface area contributed by atoms with E-state index in [1.165, 1.54) is 31.4 Å². The lowest BCUT2D eigenvalue weighted by Gasteiger charge is -2.34. The molecule has 0 aliphatic carbocycles. The number of amides is 1. The fraction of sp³-hybridized carbons (Fsp3) is 0.417. The minimum Gasteiger partial charge on any atom is -0.372 e. The van der Waals surface area contributed by atoms with Gasteiger partial charge in [0.2, 0.25) is 0 Å². The summed E-state index contributed by atoms with van der Waals surface area (Å²) in [6, 6.07) is 1.49. The van der Waals surface area contributed by atoms with Crippen LogP contribution < -0.4 is 10.9 Å². The first-order valence-electron chi connectivity index (χ1n) is 11.9. The van der Waals surface area contributed by atoms with E-state index in [2.05, 4.69) is 30.2 Å². The maximum atomic E-state index is 13.9. The van der Waals surface area contributed by atoms with E-state index in [-0.39, 0.29) is 46.5 Å². The number of morpholine rings is 1. The second kappa shape index (κ2) is 9.58. The van der Waals surface area contributed by atoms with Gasteiger partial charge in [-0.1, -0.05) is 0 Å². The third-order valence-electron chi connectivity index (χ3n) is 6.07. The van der Waals surface area contributed by atoms with E-state index in [0.29, 0.717) is 28.3 Å². The van der Waals surface area contributed by atoms with Crippen LogP contribution >= 0.6 is 11.3 Å². The molecular formula is C24H24F3N7O3S. The predicted octanol–water partition coefficient (Wildman–Crippen LogP) is 4.07. The monoisotopic (exact) mass is 547 g/mol. The normalized spacial score (nSPS) is 19.2. The molecule has 0 saturated carbocycles. The van der Waals surface area contributed by atoms with E-state index in [9.17, 15) is 22.8 Å². The van der Waals surface area contributed by atoms with E-state index in [4.69, 9.17) is 4.74 Å². The smallest absolute Gasteiger partial charge is 0.372 e. The lowest BCUT2D eigenvalue weighted by molar-refractivity contribution is -0.138. The molecule has 38 heavy (non-hydrogen) atoms. The number of ether oxygens (including phenoxy) is 1. The molecule has 1 aliphatic rings. The molecule has 1 amide bonds. The molecule has 1 saturated heterocycles. The maximum absolute atomic E-state index is 13.9. The number of pyridine rings is 2. The van der Waals surface area contributed by atoms with Crippen LogP contribution in [0.5, 0.6) is 0 Å². The summed E-state index contributed by atoms with van der Waals surface area (Å²) in [5.41, 5.74) is -1.81. The molecule has 0 radical (unpaired) electrons. The molecule has 0 aromatic carbocycles. The van der Waals surface area contributed by atoms with Crippen molar-refractivity contribution < 1.29 is 22.7 Å². The number of nitrogens with zero attached hydrogens (tertiary/aromatic N) is 5. The Balaban J connectivity index is 1.44. The fourth-order valence-electron chi connectivity index (χ4n) is 4.53. The zero-order valence-corrected chi connectivity index (χ0v) is 21.7. The molecule has 2 N–H and O–H groups in total. The number of thiazole rings is 1. The quantitative estimate of drug-likeness (QED) is 0.392. The maximum Gasteiger partial charge on any atom is 0.418 e. The highest BCUT2D eigenvalue weighted by Crippen LogP contribution is 2.36. The largest absolute Gasteiger partial charge is 0.418 e. The van der Waals surface area contributed by atoms with Crippen LogP contribution in [0.2, 0.25) is 0 Å². The van der Waals surface area contributed by atoms with E-state index < -0.39 is 23.3 Å². The number of nitrogens with one attached hydrogen (secondary N) is 2. The van der Waals surface area contributed by atoms with Crippen LogP contribution in [0.4, 0.5) is 19.0 Å². The Labute approximate surface area is 218 Å². The van der Waals surface area contributed by atoms with E-state index >= 15 is 0 Å². The third-order valence-corrected chi connectivity index (χ3v) is 7.08. The average Bonchev–Trinajstić information content (AvgIpc) is 3.25. The third kappa shape index (κ3) is 5.05. The van der Waals surface area contributed by atoms with Crippen molar-refractivity contribution >= 4 is 44.3 Å².